The molecule has 2 aromatic rings. The van der Waals surface area contributed by atoms with Crippen LogP contribution in [0.5, 0.6) is 0 Å². The molecule has 1 aliphatic heterocycles. The van der Waals surface area contributed by atoms with Crippen LogP contribution in [-0.2, 0) is 0 Å². The Kier molecular flexibility index (Phi) is 6.80. The maximum Gasteiger partial charge on any atom is 0.0956 e. The van der Waals surface area contributed by atoms with Crippen molar-refractivity contribution in [3.05, 3.63) is 54.1 Å². The van der Waals surface area contributed by atoms with Gasteiger partial charge >= 0.3 is 0 Å². The van der Waals surface area contributed by atoms with Gasteiger partial charge in [-0.3, -0.25) is 0 Å². The van der Waals surface area contributed by atoms with Crippen molar-refractivity contribution in [1.82, 2.24) is 9.55 Å². The first-order chi connectivity index (χ1) is 12.3. The van der Waals surface area contributed by atoms with E-state index in [1.807, 2.05) is 12.5 Å². The second-order valence-electron chi connectivity index (χ2n) is 6.95. The summed E-state index contributed by atoms with van der Waals surface area (Å²) >= 11 is 2.10. The van der Waals surface area contributed by atoms with Gasteiger partial charge in [-0.25, -0.2) is 4.98 Å². The van der Waals surface area contributed by atoms with Gasteiger partial charge in [0, 0.05) is 5.75 Å². The lowest BCUT2D eigenvalue weighted by molar-refractivity contribution is 0.626. The molecule has 0 bridgehead atoms. The summed E-state index contributed by atoms with van der Waals surface area (Å²) in [5.41, 5.74) is 5.50. The lowest BCUT2D eigenvalue weighted by atomic mass is 9.97. The van der Waals surface area contributed by atoms with E-state index >= 15 is 0 Å². The number of unbranched alkanes of at least 4 members (excludes halogenated alkanes) is 5. The highest BCUT2D eigenvalue weighted by atomic mass is 32.2. The zero-order chi connectivity index (χ0) is 17.5. The molecule has 134 valence electrons. The molecule has 0 radical (unpaired) electrons. The lowest BCUT2D eigenvalue weighted by Crippen LogP contribution is -2.10. The molecule has 0 spiro atoms. The minimum Gasteiger partial charge on any atom is -0.322 e. The van der Waals surface area contributed by atoms with Gasteiger partial charge in [-0.1, -0.05) is 69.4 Å². The third-order valence-electron chi connectivity index (χ3n) is 5.13. The van der Waals surface area contributed by atoms with Crippen LogP contribution in [0.4, 0.5) is 0 Å². The zero-order valence-corrected chi connectivity index (χ0v) is 16.4. The van der Waals surface area contributed by atoms with E-state index in [2.05, 4.69) is 65.5 Å². The highest BCUT2D eigenvalue weighted by Gasteiger charge is 2.29. The van der Waals surface area contributed by atoms with Crippen LogP contribution in [0.1, 0.15) is 69.7 Å². The largest absolute Gasteiger partial charge is 0.322 e. The lowest BCUT2D eigenvalue weighted by Gasteiger charge is -2.18. The van der Waals surface area contributed by atoms with E-state index in [1.54, 1.807) is 0 Å². The quantitative estimate of drug-likeness (QED) is 0.455. The van der Waals surface area contributed by atoms with Crippen molar-refractivity contribution < 1.29 is 0 Å². The van der Waals surface area contributed by atoms with E-state index in [9.17, 15) is 0 Å². The highest BCUT2D eigenvalue weighted by Crippen LogP contribution is 2.43. The summed E-state index contributed by atoms with van der Waals surface area (Å²) in [5.74, 6) is 2.41. The van der Waals surface area contributed by atoms with E-state index in [0.717, 1.165) is 5.75 Å². The number of rotatable bonds is 10. The molecule has 1 aromatic carbocycles. The summed E-state index contributed by atoms with van der Waals surface area (Å²) in [4.78, 5) is 4.38. The Hall–Kier alpha value is -1.48. The third-order valence-corrected chi connectivity index (χ3v) is 6.25. The number of imidazole rings is 1. The van der Waals surface area contributed by atoms with Gasteiger partial charge in [-0.15, -0.1) is 0 Å². The molecule has 0 saturated carbocycles. The molecule has 0 fully saturated rings. The first-order valence-corrected chi connectivity index (χ1v) is 10.8. The Morgan fingerprint density at radius 1 is 1.04 bits per heavy atom. The van der Waals surface area contributed by atoms with Gasteiger partial charge < -0.3 is 4.57 Å². The Labute approximate surface area is 156 Å². The molecular weight excluding hydrogens is 324 g/mol. The minimum absolute atomic E-state index is 0.421. The fourth-order valence-corrected chi connectivity index (χ4v) is 4.87. The summed E-state index contributed by atoms with van der Waals surface area (Å²) in [7, 11) is 0. The van der Waals surface area contributed by atoms with Crippen LogP contribution in [-0.4, -0.2) is 21.1 Å². The molecule has 3 heteroatoms. The van der Waals surface area contributed by atoms with Gasteiger partial charge in [-0.05, 0) is 35.8 Å². The number of thioether (sulfide) groups is 1. The van der Waals surface area contributed by atoms with Crippen molar-refractivity contribution in [2.24, 2.45) is 0 Å². The smallest absolute Gasteiger partial charge is 0.0956 e. The van der Waals surface area contributed by atoms with Crippen LogP contribution in [0.15, 0.2) is 42.9 Å². The van der Waals surface area contributed by atoms with Crippen LogP contribution in [0.3, 0.4) is 0 Å². The molecule has 3 rings (SSSR count). The second kappa shape index (κ2) is 9.28. The Morgan fingerprint density at radius 3 is 2.60 bits per heavy atom. The van der Waals surface area contributed by atoms with Gasteiger partial charge in [0.15, 0.2) is 0 Å². The van der Waals surface area contributed by atoms with Crippen molar-refractivity contribution in [3.8, 4) is 0 Å². The molecule has 1 unspecified atom stereocenters. The highest BCUT2D eigenvalue weighted by molar-refractivity contribution is 7.99. The number of hydrogen-bond donors (Lipinski definition) is 0. The van der Waals surface area contributed by atoms with Gasteiger partial charge in [-0.2, -0.15) is 11.8 Å². The topological polar surface area (TPSA) is 17.8 Å². The van der Waals surface area contributed by atoms with Gasteiger partial charge in [0.2, 0.25) is 0 Å². The molecule has 2 heterocycles. The van der Waals surface area contributed by atoms with Crippen molar-refractivity contribution in [2.45, 2.75) is 58.4 Å². The van der Waals surface area contributed by atoms with Gasteiger partial charge in [0.25, 0.3) is 0 Å². The average Bonchev–Trinajstić information content (AvgIpc) is 3.21. The number of aromatic nitrogens is 2. The molecule has 0 amide bonds. The Morgan fingerprint density at radius 2 is 1.80 bits per heavy atom. The van der Waals surface area contributed by atoms with Crippen LogP contribution in [0.25, 0.3) is 11.1 Å². The fourth-order valence-electron chi connectivity index (χ4n) is 3.74. The van der Waals surface area contributed by atoms with E-state index in [0.29, 0.717) is 6.04 Å². The molecule has 0 saturated heterocycles. The third kappa shape index (κ3) is 4.38. The SMILES string of the molecule is CCCCCCCCSCC1C(c2ccccc2)=C(C)c2cncn21. The second-order valence-corrected chi connectivity index (χ2v) is 8.10. The number of fused-ring (bicyclic) bond motifs is 1. The molecule has 2 nitrogen and oxygen atoms in total. The van der Waals surface area contributed by atoms with E-state index in [1.165, 1.54) is 66.7 Å². The molecule has 25 heavy (non-hydrogen) atoms. The standard InChI is InChI=1S/C22H30N2S/c1-3-4-5-6-7-11-14-25-16-21-22(19-12-9-8-10-13-19)18(2)20-15-23-17-24(20)21/h8-10,12-13,15,17,21H,3-7,11,14,16H2,1-2H3. The molecule has 1 atom stereocenters. The normalized spacial score (nSPS) is 16.5. The summed E-state index contributed by atoms with van der Waals surface area (Å²) in [6.45, 7) is 4.52. The average molecular weight is 355 g/mol. The predicted molar refractivity (Wildman–Crippen MR) is 111 cm³/mol. The van der Waals surface area contributed by atoms with Crippen molar-refractivity contribution in [3.63, 3.8) is 0 Å². The monoisotopic (exact) mass is 354 g/mol. The predicted octanol–water partition coefficient (Wildman–Crippen LogP) is 6.46. The zero-order valence-electron chi connectivity index (χ0n) is 15.6. The first-order valence-electron chi connectivity index (χ1n) is 9.69. The molecule has 0 aliphatic carbocycles. The molecule has 1 aromatic heterocycles. The van der Waals surface area contributed by atoms with Crippen LogP contribution >= 0.6 is 11.8 Å². The van der Waals surface area contributed by atoms with E-state index in [-0.39, 0.29) is 0 Å². The maximum atomic E-state index is 4.38. The summed E-state index contributed by atoms with van der Waals surface area (Å²) in [5, 5.41) is 0. The summed E-state index contributed by atoms with van der Waals surface area (Å²) in [6.07, 6.45) is 12.3. The molecule has 1 aliphatic rings. The van der Waals surface area contributed by atoms with Crippen molar-refractivity contribution in [1.29, 1.82) is 0 Å². The maximum absolute atomic E-state index is 4.38. The van der Waals surface area contributed by atoms with Crippen LogP contribution in [0, 0.1) is 0 Å². The number of benzene rings is 1. The Balaban J connectivity index is 1.58. The molecule has 0 N–H and O–H groups in total. The number of nitrogens with zero attached hydrogens (tertiary/aromatic N) is 2. The molecular formula is C22H30N2S. The fraction of sp³-hybridized carbons (Fsp3) is 0.500. The minimum atomic E-state index is 0.421. The van der Waals surface area contributed by atoms with E-state index < -0.39 is 0 Å². The van der Waals surface area contributed by atoms with E-state index in [4.69, 9.17) is 0 Å². The summed E-state index contributed by atoms with van der Waals surface area (Å²) in [6, 6.07) is 11.3. The number of allylic oxidation sites excluding steroid dienone is 2. The van der Waals surface area contributed by atoms with Gasteiger partial charge in [0.05, 0.1) is 24.3 Å². The number of hydrogen-bond acceptors (Lipinski definition) is 2. The summed E-state index contributed by atoms with van der Waals surface area (Å²) < 4.78 is 2.37. The van der Waals surface area contributed by atoms with Crippen molar-refractivity contribution in [2.75, 3.05) is 11.5 Å². The van der Waals surface area contributed by atoms with Crippen LogP contribution in [0.2, 0.25) is 0 Å². The van der Waals surface area contributed by atoms with Gasteiger partial charge in [0.1, 0.15) is 0 Å². The van der Waals surface area contributed by atoms with Crippen LogP contribution < -0.4 is 0 Å². The Bertz CT molecular complexity index is 687. The van der Waals surface area contributed by atoms with Crippen molar-refractivity contribution >= 4 is 22.9 Å². The first kappa shape index (κ1) is 18.3.